The lowest BCUT2D eigenvalue weighted by Gasteiger charge is -2.23. The van der Waals surface area contributed by atoms with E-state index in [0.29, 0.717) is 26.1 Å². The summed E-state index contributed by atoms with van der Waals surface area (Å²) in [6.45, 7) is 6.30. The minimum atomic E-state index is -3.67. The molecule has 0 aliphatic heterocycles. The summed E-state index contributed by atoms with van der Waals surface area (Å²) in [4.78, 5) is 11.5. The second-order valence-electron chi connectivity index (χ2n) is 13.1. The maximum Gasteiger partial charge on any atom is 0.303 e. The number of rotatable bonds is 26. The fourth-order valence-corrected chi connectivity index (χ4v) is 4.82. The third kappa shape index (κ3) is 33.2. The summed E-state index contributed by atoms with van der Waals surface area (Å²) in [5.41, 5.74) is 1.33. The van der Waals surface area contributed by atoms with Crippen LogP contribution >= 0.6 is 0 Å². The van der Waals surface area contributed by atoms with Crippen LogP contribution in [-0.2, 0) is 30.8 Å². The first-order valence-electron chi connectivity index (χ1n) is 17.0. The van der Waals surface area contributed by atoms with Crippen molar-refractivity contribution in [3.63, 3.8) is 0 Å². The summed E-state index contributed by atoms with van der Waals surface area (Å²) in [5, 5.41) is 0. The Labute approximate surface area is 270 Å². The van der Waals surface area contributed by atoms with Crippen molar-refractivity contribution in [3.05, 3.63) is 29.8 Å². The Morgan fingerprint density at radius 3 is 1.70 bits per heavy atom. The topological polar surface area (TPSA) is 99.1 Å². The second-order valence-corrected chi connectivity index (χ2v) is 14.5. The maximum absolute atomic E-state index is 11.5. The summed E-state index contributed by atoms with van der Waals surface area (Å²) >= 11 is 0. The van der Waals surface area contributed by atoms with Gasteiger partial charge in [0.25, 0.3) is 10.1 Å². The highest BCUT2D eigenvalue weighted by molar-refractivity contribution is 7.85. The van der Waals surface area contributed by atoms with Crippen LogP contribution in [0.2, 0.25) is 0 Å². The number of aryl methyl sites for hydroxylation is 1. The van der Waals surface area contributed by atoms with E-state index in [1.54, 1.807) is 0 Å². The number of carbonyl (C=O) groups is 1. The van der Waals surface area contributed by atoms with Gasteiger partial charge in [-0.05, 0) is 43.4 Å². The van der Waals surface area contributed by atoms with Crippen LogP contribution in [-0.4, -0.2) is 83.3 Å². The normalized spacial score (nSPS) is 12.3. The van der Waals surface area contributed by atoms with Crippen molar-refractivity contribution in [2.45, 2.75) is 129 Å². The maximum atomic E-state index is 11.5. The lowest BCUT2D eigenvalue weighted by Crippen LogP contribution is -2.35. The highest BCUT2D eigenvalue weighted by Gasteiger charge is 2.14. The molecule has 0 aliphatic rings. The molecule has 0 saturated heterocycles. The van der Waals surface area contributed by atoms with Crippen LogP contribution in [0.5, 0.6) is 5.75 Å². The monoisotopic (exact) mass is 644 g/mol. The van der Waals surface area contributed by atoms with Crippen molar-refractivity contribution < 1.29 is 36.5 Å². The quantitative estimate of drug-likeness (QED) is 0.0472. The predicted octanol–water partition coefficient (Wildman–Crippen LogP) is 8.03. The van der Waals surface area contributed by atoms with E-state index in [1.807, 2.05) is 12.1 Å². The number of unbranched alkanes of at least 4 members (excludes halogenated alkanes) is 14. The first kappa shape index (κ1) is 42.3. The number of hydrogen-bond acceptors (Lipinski definition) is 6. The van der Waals surface area contributed by atoms with Gasteiger partial charge in [-0.1, -0.05) is 103 Å². The van der Waals surface area contributed by atoms with Gasteiger partial charge in [-0.3, -0.25) is 9.35 Å². The van der Waals surface area contributed by atoms with Gasteiger partial charge in [-0.2, -0.15) is 8.42 Å². The predicted molar refractivity (Wildman–Crippen MR) is 182 cm³/mol. The van der Waals surface area contributed by atoms with E-state index in [9.17, 15) is 13.2 Å². The molecule has 8 nitrogen and oxygen atoms in total. The molecule has 0 amide bonds. The van der Waals surface area contributed by atoms with Crippen LogP contribution in [0.25, 0.3) is 0 Å². The smallest absolute Gasteiger partial charge is 0.303 e. The van der Waals surface area contributed by atoms with E-state index in [0.717, 1.165) is 23.1 Å². The fraction of sp³-hybridized carbons (Fsp3) is 0.800. The Kier molecular flexibility index (Phi) is 25.5. The van der Waals surface area contributed by atoms with E-state index < -0.39 is 10.1 Å². The van der Waals surface area contributed by atoms with Gasteiger partial charge in [0.15, 0.2) is 6.10 Å². The Morgan fingerprint density at radius 1 is 0.773 bits per heavy atom. The minimum absolute atomic E-state index is 0.298. The zero-order valence-electron chi connectivity index (χ0n) is 29.0. The molecule has 0 fully saturated rings. The SMILES string of the molecule is CCCCCCCCCCCCCCCCOCC(COc1ccc(CCCC[N+](C)(C)C)cc1)OC(C)=O.CS(=O)(=O)O. The van der Waals surface area contributed by atoms with Crippen molar-refractivity contribution in [1.29, 1.82) is 0 Å². The average molecular weight is 645 g/mol. The highest BCUT2D eigenvalue weighted by Crippen LogP contribution is 2.16. The van der Waals surface area contributed by atoms with Crippen molar-refractivity contribution in [3.8, 4) is 5.75 Å². The molecule has 0 spiro atoms. The zero-order valence-corrected chi connectivity index (χ0v) is 29.8. The van der Waals surface area contributed by atoms with Gasteiger partial charge in [-0.15, -0.1) is 0 Å². The number of esters is 1. The number of carbonyl (C=O) groups excluding carboxylic acids is 1. The molecule has 1 rings (SSSR count). The number of benzene rings is 1. The van der Waals surface area contributed by atoms with Crippen molar-refractivity contribution in [2.24, 2.45) is 0 Å². The molecular weight excluding hydrogens is 578 g/mol. The van der Waals surface area contributed by atoms with E-state index >= 15 is 0 Å². The molecule has 0 saturated carbocycles. The number of quaternary nitrogens is 1. The second kappa shape index (κ2) is 26.5. The Morgan fingerprint density at radius 2 is 1.25 bits per heavy atom. The molecule has 9 heteroatoms. The zero-order chi connectivity index (χ0) is 33.1. The molecule has 1 atom stereocenters. The average Bonchev–Trinajstić information content (AvgIpc) is 2.92. The molecule has 0 heterocycles. The Hall–Kier alpha value is -1.68. The van der Waals surface area contributed by atoms with Gasteiger partial charge in [0.1, 0.15) is 12.4 Å². The minimum Gasteiger partial charge on any atom is -0.490 e. The van der Waals surface area contributed by atoms with Crippen LogP contribution in [0.4, 0.5) is 0 Å². The molecule has 1 N–H and O–H groups in total. The number of nitrogens with zero attached hydrogens (tertiary/aromatic N) is 1. The summed E-state index contributed by atoms with van der Waals surface area (Å²) in [7, 11) is 3.04. The molecular formula is C35H66NO7S+. The summed E-state index contributed by atoms with van der Waals surface area (Å²) < 4.78 is 44.0. The third-order valence-corrected chi connectivity index (χ3v) is 7.18. The molecule has 0 aliphatic carbocycles. The number of ether oxygens (including phenoxy) is 3. The molecule has 1 unspecified atom stereocenters. The van der Waals surface area contributed by atoms with E-state index in [2.05, 4.69) is 40.2 Å². The van der Waals surface area contributed by atoms with Crippen LogP contribution in [0.1, 0.15) is 122 Å². The molecule has 0 aromatic heterocycles. The van der Waals surface area contributed by atoms with Gasteiger partial charge in [-0.25, -0.2) is 0 Å². The summed E-state index contributed by atoms with van der Waals surface area (Å²) in [6.07, 6.45) is 22.7. The molecule has 44 heavy (non-hydrogen) atoms. The van der Waals surface area contributed by atoms with Crippen LogP contribution in [0.15, 0.2) is 24.3 Å². The fourth-order valence-electron chi connectivity index (χ4n) is 4.82. The lowest BCUT2D eigenvalue weighted by molar-refractivity contribution is -0.870. The molecule has 258 valence electrons. The van der Waals surface area contributed by atoms with Gasteiger partial charge in [0, 0.05) is 13.5 Å². The summed E-state index contributed by atoms with van der Waals surface area (Å²) in [5.74, 6) is 0.502. The number of hydrogen-bond donors (Lipinski definition) is 1. The van der Waals surface area contributed by atoms with Crippen molar-refractivity contribution in [2.75, 3.05) is 53.8 Å². The van der Waals surface area contributed by atoms with Crippen LogP contribution < -0.4 is 4.74 Å². The largest absolute Gasteiger partial charge is 0.490 e. The first-order valence-corrected chi connectivity index (χ1v) is 18.8. The first-order chi connectivity index (χ1) is 20.8. The van der Waals surface area contributed by atoms with Gasteiger partial charge >= 0.3 is 5.97 Å². The third-order valence-electron chi connectivity index (χ3n) is 7.18. The molecule has 0 bridgehead atoms. The molecule has 1 aromatic carbocycles. The van der Waals surface area contributed by atoms with E-state index in [1.165, 1.54) is 115 Å². The lowest BCUT2D eigenvalue weighted by atomic mass is 10.0. The molecule has 0 radical (unpaired) electrons. The van der Waals surface area contributed by atoms with E-state index in [4.69, 9.17) is 18.8 Å². The molecule has 1 aromatic rings. The Bertz CT molecular complexity index is 906. The van der Waals surface area contributed by atoms with E-state index in [-0.39, 0.29) is 12.1 Å². The van der Waals surface area contributed by atoms with Crippen molar-refractivity contribution in [1.82, 2.24) is 0 Å². The van der Waals surface area contributed by atoms with Crippen molar-refractivity contribution >= 4 is 16.1 Å². The highest BCUT2D eigenvalue weighted by atomic mass is 32.2. The van der Waals surface area contributed by atoms with Crippen LogP contribution in [0.3, 0.4) is 0 Å². The standard InChI is InChI=1S/C34H62NO4.CH4O3S/c1-6-7-8-9-10-11-12-13-14-15-16-17-18-21-28-37-29-34(39-31(2)36)30-38-33-25-23-32(24-26-33)22-19-20-27-35(3,4)5;1-5(2,3)4/h23-26,34H,6-22,27-30H2,1-5H3;1H3,(H,2,3,4)/q+1;. The van der Waals surface area contributed by atoms with Gasteiger partial charge in [0.2, 0.25) is 0 Å². The van der Waals surface area contributed by atoms with Gasteiger partial charge < -0.3 is 18.7 Å². The summed E-state index contributed by atoms with van der Waals surface area (Å²) in [6, 6.07) is 8.29. The van der Waals surface area contributed by atoms with Gasteiger partial charge in [0.05, 0.1) is 40.6 Å². The Balaban J connectivity index is 0.00000340. The van der Waals surface area contributed by atoms with Crippen LogP contribution in [0, 0.1) is 0 Å².